The first kappa shape index (κ1) is 15.7. The van der Waals surface area contributed by atoms with Gasteiger partial charge in [0.25, 0.3) is 0 Å². The van der Waals surface area contributed by atoms with Gasteiger partial charge in [0, 0.05) is 9.92 Å². The topological polar surface area (TPSA) is 46.5 Å². The molecule has 1 atom stereocenters. The van der Waals surface area contributed by atoms with Crippen LogP contribution in [0.25, 0.3) is 0 Å². The van der Waals surface area contributed by atoms with Crippen LogP contribution in [-0.2, 0) is 11.2 Å². The van der Waals surface area contributed by atoms with E-state index in [1.807, 2.05) is 36.4 Å². The molecule has 0 spiro atoms. The van der Waals surface area contributed by atoms with Crippen molar-refractivity contribution in [3.63, 3.8) is 0 Å². The fourth-order valence-electron chi connectivity index (χ4n) is 1.93. The highest BCUT2D eigenvalue weighted by molar-refractivity contribution is 8.00. The fourth-order valence-corrected chi connectivity index (χ4v) is 3.04. The molecular weight excluding hydrogens is 308 g/mol. The van der Waals surface area contributed by atoms with Crippen molar-refractivity contribution in [2.75, 3.05) is 7.11 Å². The first-order valence-electron chi connectivity index (χ1n) is 6.37. The van der Waals surface area contributed by atoms with Gasteiger partial charge in [-0.15, -0.1) is 11.8 Å². The molecule has 5 heteroatoms. The molecular formula is C16H15ClO3S. The van der Waals surface area contributed by atoms with Gasteiger partial charge >= 0.3 is 5.97 Å². The van der Waals surface area contributed by atoms with Crippen LogP contribution >= 0.6 is 23.4 Å². The van der Waals surface area contributed by atoms with E-state index >= 15 is 0 Å². The van der Waals surface area contributed by atoms with E-state index < -0.39 is 11.2 Å². The highest BCUT2D eigenvalue weighted by atomic mass is 35.5. The zero-order valence-corrected chi connectivity index (χ0v) is 13.0. The molecule has 0 saturated carbocycles. The van der Waals surface area contributed by atoms with Gasteiger partial charge in [-0.1, -0.05) is 29.8 Å². The predicted octanol–water partition coefficient (Wildman–Crippen LogP) is 4.14. The number of aliphatic carboxylic acids is 1. The molecule has 2 rings (SSSR count). The first-order valence-corrected chi connectivity index (χ1v) is 7.63. The summed E-state index contributed by atoms with van der Waals surface area (Å²) in [4.78, 5) is 12.4. The molecule has 0 aliphatic heterocycles. The van der Waals surface area contributed by atoms with Gasteiger partial charge in [0.2, 0.25) is 0 Å². The van der Waals surface area contributed by atoms with E-state index in [0.29, 0.717) is 17.2 Å². The minimum absolute atomic E-state index is 0.395. The molecule has 3 nitrogen and oxygen atoms in total. The van der Waals surface area contributed by atoms with E-state index in [4.69, 9.17) is 16.3 Å². The van der Waals surface area contributed by atoms with Crippen molar-refractivity contribution >= 4 is 29.3 Å². The van der Waals surface area contributed by atoms with E-state index in [2.05, 4.69) is 0 Å². The molecule has 0 aliphatic rings. The summed E-state index contributed by atoms with van der Waals surface area (Å²) in [5, 5.41) is 9.48. The van der Waals surface area contributed by atoms with Crippen molar-refractivity contribution in [1.29, 1.82) is 0 Å². The van der Waals surface area contributed by atoms with Crippen molar-refractivity contribution in [2.24, 2.45) is 0 Å². The predicted molar refractivity (Wildman–Crippen MR) is 85.4 cm³/mol. The normalized spacial score (nSPS) is 11.9. The molecule has 0 amide bonds. The van der Waals surface area contributed by atoms with Crippen LogP contribution in [-0.4, -0.2) is 23.4 Å². The van der Waals surface area contributed by atoms with Gasteiger partial charge in [0.05, 0.1) is 7.11 Å². The van der Waals surface area contributed by atoms with E-state index in [0.717, 1.165) is 10.5 Å². The number of thioether (sulfide) groups is 1. The Hall–Kier alpha value is -1.65. The Morgan fingerprint density at radius 1 is 1.24 bits per heavy atom. The molecule has 21 heavy (non-hydrogen) atoms. The lowest BCUT2D eigenvalue weighted by molar-refractivity contribution is -0.136. The Kier molecular flexibility index (Phi) is 5.53. The average molecular weight is 323 g/mol. The van der Waals surface area contributed by atoms with Crippen LogP contribution in [0.4, 0.5) is 0 Å². The highest BCUT2D eigenvalue weighted by Gasteiger charge is 2.21. The largest absolute Gasteiger partial charge is 0.496 e. The molecule has 2 aromatic rings. The maximum atomic E-state index is 11.5. The third-order valence-electron chi connectivity index (χ3n) is 2.97. The molecule has 110 valence electrons. The summed E-state index contributed by atoms with van der Waals surface area (Å²) >= 11 is 7.14. The van der Waals surface area contributed by atoms with Gasteiger partial charge < -0.3 is 9.84 Å². The Balaban J connectivity index is 2.16. The second-order valence-corrected chi connectivity index (χ2v) is 6.13. The third kappa shape index (κ3) is 4.41. The molecule has 0 unspecified atom stereocenters. The van der Waals surface area contributed by atoms with E-state index in [-0.39, 0.29) is 0 Å². The van der Waals surface area contributed by atoms with Crippen LogP contribution in [0.2, 0.25) is 5.02 Å². The molecule has 0 fully saturated rings. The monoisotopic (exact) mass is 322 g/mol. The Morgan fingerprint density at radius 3 is 2.52 bits per heavy atom. The van der Waals surface area contributed by atoms with Crippen molar-refractivity contribution in [2.45, 2.75) is 16.6 Å². The summed E-state index contributed by atoms with van der Waals surface area (Å²) in [7, 11) is 1.58. The molecule has 0 saturated heterocycles. The van der Waals surface area contributed by atoms with Crippen LogP contribution in [0.15, 0.2) is 53.4 Å². The minimum Gasteiger partial charge on any atom is -0.496 e. The summed E-state index contributed by atoms with van der Waals surface area (Å²) in [6.07, 6.45) is 0.395. The Bertz CT molecular complexity index is 613. The van der Waals surface area contributed by atoms with Gasteiger partial charge in [-0.05, 0) is 42.3 Å². The highest BCUT2D eigenvalue weighted by Crippen LogP contribution is 2.29. The third-order valence-corrected chi connectivity index (χ3v) is 4.41. The van der Waals surface area contributed by atoms with Gasteiger partial charge in [-0.25, -0.2) is 0 Å². The Labute approximate surface area is 132 Å². The van der Waals surface area contributed by atoms with Gasteiger partial charge in [0.15, 0.2) is 0 Å². The summed E-state index contributed by atoms with van der Waals surface area (Å²) < 4.78 is 5.27. The number of benzene rings is 2. The number of carboxylic acid groups (broad SMARTS) is 1. The average Bonchev–Trinajstić information content (AvgIpc) is 2.49. The molecule has 1 N–H and O–H groups in total. The maximum Gasteiger partial charge on any atom is 0.317 e. The van der Waals surface area contributed by atoms with Crippen molar-refractivity contribution in [3.05, 3.63) is 59.1 Å². The minimum atomic E-state index is -0.846. The lowest BCUT2D eigenvalue weighted by Crippen LogP contribution is -2.19. The quantitative estimate of drug-likeness (QED) is 0.812. The van der Waals surface area contributed by atoms with Crippen LogP contribution in [0, 0.1) is 0 Å². The van der Waals surface area contributed by atoms with Crippen LogP contribution in [0.5, 0.6) is 5.75 Å². The standard InChI is InChI=1S/C16H15ClO3S/c1-20-14-5-3-2-4-11(14)10-15(16(18)19)21-13-8-6-12(17)7-9-13/h2-9,15H,10H2,1H3,(H,18,19)/t15-/m0/s1. The number of methoxy groups -OCH3 is 1. The number of para-hydroxylation sites is 1. The zero-order valence-electron chi connectivity index (χ0n) is 11.5. The SMILES string of the molecule is COc1ccccc1C[C@H](Sc1ccc(Cl)cc1)C(=O)O. The molecule has 0 radical (unpaired) electrons. The lowest BCUT2D eigenvalue weighted by Gasteiger charge is -2.14. The number of rotatable bonds is 6. The fraction of sp³-hybridized carbons (Fsp3) is 0.188. The second kappa shape index (κ2) is 7.38. The van der Waals surface area contributed by atoms with Crippen LogP contribution in [0.1, 0.15) is 5.56 Å². The van der Waals surface area contributed by atoms with Crippen molar-refractivity contribution in [1.82, 2.24) is 0 Å². The summed E-state index contributed by atoms with van der Waals surface area (Å²) in [5.74, 6) is -0.138. The molecule has 0 bridgehead atoms. The number of ether oxygens (including phenoxy) is 1. The van der Waals surface area contributed by atoms with E-state index in [1.54, 1.807) is 19.2 Å². The first-order chi connectivity index (χ1) is 10.1. The number of hydrogen-bond acceptors (Lipinski definition) is 3. The Morgan fingerprint density at radius 2 is 1.90 bits per heavy atom. The number of halogens is 1. The lowest BCUT2D eigenvalue weighted by atomic mass is 10.1. The molecule has 2 aromatic carbocycles. The van der Waals surface area contributed by atoms with E-state index in [9.17, 15) is 9.90 Å². The molecule has 0 aliphatic carbocycles. The number of carbonyl (C=O) groups is 1. The second-order valence-electron chi connectivity index (χ2n) is 4.41. The summed E-state index contributed by atoms with van der Waals surface area (Å²) in [5.41, 5.74) is 0.883. The maximum absolute atomic E-state index is 11.5. The van der Waals surface area contributed by atoms with Crippen molar-refractivity contribution in [3.8, 4) is 5.75 Å². The summed E-state index contributed by atoms with van der Waals surface area (Å²) in [6, 6.07) is 14.6. The van der Waals surface area contributed by atoms with Crippen molar-refractivity contribution < 1.29 is 14.6 Å². The van der Waals surface area contributed by atoms with Gasteiger partial charge in [-0.3, -0.25) is 4.79 Å². The zero-order chi connectivity index (χ0) is 15.2. The van der Waals surface area contributed by atoms with Crippen LogP contribution in [0.3, 0.4) is 0 Å². The van der Waals surface area contributed by atoms with Gasteiger partial charge in [0.1, 0.15) is 11.0 Å². The van der Waals surface area contributed by atoms with Gasteiger partial charge in [-0.2, -0.15) is 0 Å². The molecule has 0 heterocycles. The number of carboxylic acids is 1. The molecule has 0 aromatic heterocycles. The number of hydrogen-bond donors (Lipinski definition) is 1. The van der Waals surface area contributed by atoms with Crippen LogP contribution < -0.4 is 4.74 Å². The van der Waals surface area contributed by atoms with E-state index in [1.165, 1.54) is 11.8 Å². The summed E-state index contributed by atoms with van der Waals surface area (Å²) in [6.45, 7) is 0. The smallest absolute Gasteiger partial charge is 0.317 e.